The van der Waals surface area contributed by atoms with E-state index in [1.165, 1.54) is 0 Å². The average molecular weight is 324 g/mol. The van der Waals surface area contributed by atoms with Gasteiger partial charge in [0.1, 0.15) is 0 Å². The molecule has 1 unspecified atom stereocenters. The molecule has 1 aliphatic heterocycles. The van der Waals surface area contributed by atoms with Crippen LogP contribution in [0.4, 0.5) is 0 Å². The molecule has 1 saturated heterocycles. The molecule has 2 rings (SSSR count). The number of aliphatic imine (C=N–C) groups is 1. The topological polar surface area (TPSA) is 87.8 Å². The van der Waals surface area contributed by atoms with Crippen molar-refractivity contribution in [3.63, 3.8) is 0 Å². The highest BCUT2D eigenvalue weighted by Gasteiger charge is 2.23. The third-order valence-corrected chi connectivity index (χ3v) is 3.97. The van der Waals surface area contributed by atoms with Gasteiger partial charge in [-0.05, 0) is 5.92 Å². The van der Waals surface area contributed by atoms with E-state index in [1.54, 1.807) is 14.0 Å². The maximum atomic E-state index is 5.44. The molecule has 1 aromatic rings. The highest BCUT2D eigenvalue weighted by molar-refractivity contribution is 5.79. The van der Waals surface area contributed by atoms with Gasteiger partial charge in [0, 0.05) is 39.6 Å². The first-order chi connectivity index (χ1) is 11.1. The molecule has 8 heteroatoms. The summed E-state index contributed by atoms with van der Waals surface area (Å²) in [5.74, 6) is 2.49. The van der Waals surface area contributed by atoms with Crippen LogP contribution in [-0.2, 0) is 11.3 Å². The van der Waals surface area contributed by atoms with Crippen molar-refractivity contribution in [3.8, 4) is 0 Å². The van der Waals surface area contributed by atoms with Crippen LogP contribution in [0.25, 0.3) is 0 Å². The van der Waals surface area contributed by atoms with Crippen molar-refractivity contribution in [2.24, 2.45) is 10.9 Å². The number of guanidine groups is 1. The Morgan fingerprint density at radius 3 is 2.61 bits per heavy atom. The van der Waals surface area contributed by atoms with Crippen LogP contribution in [0.15, 0.2) is 9.52 Å². The summed E-state index contributed by atoms with van der Waals surface area (Å²) in [5, 5.41) is 10.5. The molecule has 0 saturated carbocycles. The monoisotopic (exact) mass is 324 g/mol. The molecule has 1 fully saturated rings. The Morgan fingerprint density at radius 1 is 1.30 bits per heavy atom. The zero-order chi connectivity index (χ0) is 16.7. The van der Waals surface area contributed by atoms with E-state index < -0.39 is 0 Å². The second-order valence-corrected chi connectivity index (χ2v) is 6.00. The Balaban J connectivity index is 1.82. The second kappa shape index (κ2) is 8.83. The van der Waals surface area contributed by atoms with Crippen LogP contribution < -0.4 is 10.6 Å². The minimum Gasteiger partial charge on any atom is -0.379 e. The number of nitrogens with zero attached hydrogens (tertiary/aromatic N) is 4. The Labute approximate surface area is 137 Å². The van der Waals surface area contributed by atoms with Crippen molar-refractivity contribution >= 4 is 5.96 Å². The van der Waals surface area contributed by atoms with Crippen LogP contribution in [0.3, 0.4) is 0 Å². The fourth-order valence-corrected chi connectivity index (χ4v) is 2.69. The molecule has 2 N–H and O–H groups in total. The summed E-state index contributed by atoms with van der Waals surface area (Å²) in [6, 6.07) is 0.449. The van der Waals surface area contributed by atoms with Gasteiger partial charge in [0.25, 0.3) is 0 Å². The van der Waals surface area contributed by atoms with Crippen LogP contribution in [0.2, 0.25) is 0 Å². The van der Waals surface area contributed by atoms with Gasteiger partial charge in [-0.1, -0.05) is 19.0 Å². The number of hydrogen-bond donors (Lipinski definition) is 2. The van der Waals surface area contributed by atoms with Gasteiger partial charge in [-0.15, -0.1) is 0 Å². The van der Waals surface area contributed by atoms with E-state index in [9.17, 15) is 0 Å². The van der Waals surface area contributed by atoms with E-state index >= 15 is 0 Å². The van der Waals surface area contributed by atoms with Crippen molar-refractivity contribution < 1.29 is 9.26 Å². The first-order valence-electron chi connectivity index (χ1n) is 8.15. The summed E-state index contributed by atoms with van der Waals surface area (Å²) in [5.41, 5.74) is 0. The number of aryl methyl sites for hydroxylation is 1. The van der Waals surface area contributed by atoms with Crippen LogP contribution in [0, 0.1) is 12.8 Å². The van der Waals surface area contributed by atoms with Crippen LogP contribution in [-0.4, -0.2) is 66.9 Å². The third kappa shape index (κ3) is 5.47. The van der Waals surface area contributed by atoms with E-state index in [1.807, 2.05) is 0 Å². The van der Waals surface area contributed by atoms with Gasteiger partial charge in [-0.25, -0.2) is 0 Å². The molecule has 130 valence electrons. The van der Waals surface area contributed by atoms with Crippen LogP contribution >= 0.6 is 0 Å². The molecule has 0 spiro atoms. The molecule has 0 amide bonds. The number of aromatic nitrogens is 2. The predicted octanol–water partition coefficient (Wildman–Crippen LogP) is 0.400. The summed E-state index contributed by atoms with van der Waals surface area (Å²) in [4.78, 5) is 10.9. The molecule has 23 heavy (non-hydrogen) atoms. The molecule has 0 bridgehead atoms. The van der Waals surface area contributed by atoms with Gasteiger partial charge in [0.05, 0.1) is 19.8 Å². The standard InChI is InChI=1S/C15H28N6O2/c1-11(2)13(21-5-7-22-8-6-21)9-17-15(16-4)18-10-14-19-12(3)23-20-14/h11,13H,5-10H2,1-4H3,(H2,16,17,18). The number of hydrogen-bond acceptors (Lipinski definition) is 6. The lowest BCUT2D eigenvalue weighted by atomic mass is 10.0. The first-order valence-corrected chi connectivity index (χ1v) is 8.15. The summed E-state index contributed by atoms with van der Waals surface area (Å²) >= 11 is 0. The van der Waals surface area contributed by atoms with E-state index in [-0.39, 0.29) is 0 Å². The molecule has 1 atom stereocenters. The van der Waals surface area contributed by atoms with Crippen molar-refractivity contribution in [2.75, 3.05) is 39.9 Å². The second-order valence-electron chi connectivity index (χ2n) is 6.00. The molecule has 1 aliphatic rings. The average Bonchev–Trinajstić information content (AvgIpc) is 2.96. The smallest absolute Gasteiger partial charge is 0.223 e. The largest absolute Gasteiger partial charge is 0.379 e. The Bertz CT molecular complexity index is 496. The van der Waals surface area contributed by atoms with Gasteiger partial charge in [-0.3, -0.25) is 9.89 Å². The van der Waals surface area contributed by atoms with Crippen LogP contribution in [0.5, 0.6) is 0 Å². The zero-order valence-corrected chi connectivity index (χ0v) is 14.5. The molecule has 8 nitrogen and oxygen atoms in total. The Morgan fingerprint density at radius 2 is 2.04 bits per heavy atom. The Kier molecular flexibility index (Phi) is 6.79. The SMILES string of the molecule is CN=C(NCc1noc(C)n1)NCC(C(C)C)N1CCOCC1. The number of nitrogens with one attached hydrogen (secondary N) is 2. The lowest BCUT2D eigenvalue weighted by molar-refractivity contribution is 0.00752. The van der Waals surface area contributed by atoms with Crippen molar-refractivity contribution in [2.45, 2.75) is 33.4 Å². The van der Waals surface area contributed by atoms with E-state index in [0.717, 1.165) is 38.8 Å². The molecule has 0 radical (unpaired) electrons. The third-order valence-electron chi connectivity index (χ3n) is 3.97. The number of ether oxygens (including phenoxy) is 1. The molecular weight excluding hydrogens is 296 g/mol. The quantitative estimate of drug-likeness (QED) is 0.578. The van der Waals surface area contributed by atoms with Crippen molar-refractivity contribution in [1.29, 1.82) is 0 Å². The van der Waals surface area contributed by atoms with E-state index in [2.05, 4.69) is 44.5 Å². The van der Waals surface area contributed by atoms with Gasteiger partial charge in [0.15, 0.2) is 11.8 Å². The molecule has 1 aromatic heterocycles. The summed E-state index contributed by atoms with van der Waals surface area (Å²) in [7, 11) is 1.76. The minimum atomic E-state index is 0.449. The van der Waals surface area contributed by atoms with Gasteiger partial charge in [-0.2, -0.15) is 4.98 Å². The normalized spacial score (nSPS) is 18.2. The first kappa shape index (κ1) is 17.7. The minimum absolute atomic E-state index is 0.449. The van der Waals surface area contributed by atoms with Gasteiger partial charge < -0.3 is 19.9 Å². The van der Waals surface area contributed by atoms with E-state index in [0.29, 0.717) is 30.2 Å². The summed E-state index contributed by atoms with van der Waals surface area (Å²) in [6.45, 7) is 11.2. The van der Waals surface area contributed by atoms with Gasteiger partial charge in [0.2, 0.25) is 5.89 Å². The fourth-order valence-electron chi connectivity index (χ4n) is 2.69. The van der Waals surface area contributed by atoms with Gasteiger partial charge >= 0.3 is 0 Å². The van der Waals surface area contributed by atoms with Crippen LogP contribution in [0.1, 0.15) is 25.6 Å². The highest BCUT2D eigenvalue weighted by Crippen LogP contribution is 2.12. The highest BCUT2D eigenvalue weighted by atomic mass is 16.5. The number of rotatable bonds is 6. The lowest BCUT2D eigenvalue weighted by Crippen LogP contribution is -2.52. The number of morpholine rings is 1. The van der Waals surface area contributed by atoms with Crippen molar-refractivity contribution in [3.05, 3.63) is 11.7 Å². The zero-order valence-electron chi connectivity index (χ0n) is 14.5. The molecule has 0 aromatic carbocycles. The fraction of sp³-hybridized carbons (Fsp3) is 0.800. The molecule has 2 heterocycles. The van der Waals surface area contributed by atoms with E-state index in [4.69, 9.17) is 9.26 Å². The maximum Gasteiger partial charge on any atom is 0.223 e. The Hall–Kier alpha value is -1.67. The maximum absolute atomic E-state index is 5.44. The predicted molar refractivity (Wildman–Crippen MR) is 88.3 cm³/mol. The molecular formula is C15H28N6O2. The lowest BCUT2D eigenvalue weighted by Gasteiger charge is -2.37. The summed E-state index contributed by atoms with van der Waals surface area (Å²) in [6.07, 6.45) is 0. The van der Waals surface area contributed by atoms with Crippen molar-refractivity contribution in [1.82, 2.24) is 25.7 Å². The summed E-state index contributed by atoms with van der Waals surface area (Å²) < 4.78 is 10.4. The molecule has 0 aliphatic carbocycles.